The van der Waals surface area contributed by atoms with Gasteiger partial charge in [0.1, 0.15) is 6.10 Å². The summed E-state index contributed by atoms with van der Waals surface area (Å²) in [6, 6.07) is 0. The van der Waals surface area contributed by atoms with Crippen molar-refractivity contribution in [2.45, 2.75) is 77.8 Å². The van der Waals surface area contributed by atoms with Crippen molar-refractivity contribution in [2.24, 2.45) is 34.0 Å². The molecule has 9 atom stereocenters. The second-order valence-electron chi connectivity index (χ2n) is 10.4. The van der Waals surface area contributed by atoms with Crippen LogP contribution in [0.25, 0.3) is 0 Å². The van der Waals surface area contributed by atoms with Crippen LogP contribution in [0.2, 0.25) is 0 Å². The van der Waals surface area contributed by atoms with Crippen molar-refractivity contribution < 1.29 is 29.6 Å². The van der Waals surface area contributed by atoms with Gasteiger partial charge in [0.15, 0.2) is 5.78 Å². The zero-order chi connectivity index (χ0) is 20.8. The molecule has 0 heterocycles. The number of carbonyl (C=O) groups excluding carboxylic acids is 2. The minimum absolute atomic E-state index is 0.0659. The molecule has 0 amide bonds. The summed E-state index contributed by atoms with van der Waals surface area (Å²) in [7, 11) is 0. The molecule has 0 radical (unpaired) electrons. The van der Waals surface area contributed by atoms with Gasteiger partial charge in [-0.2, -0.15) is 0 Å². The van der Waals surface area contributed by atoms with Gasteiger partial charge in [-0.1, -0.05) is 27.4 Å². The Hall–Kier alpha value is -1.24. The fourth-order valence-corrected chi connectivity index (χ4v) is 7.87. The van der Waals surface area contributed by atoms with Crippen LogP contribution >= 0.6 is 0 Å². The number of carbonyl (C=O) groups is 2. The monoisotopic (exact) mass is 392 g/mol. The average Bonchev–Trinajstić information content (AvgIpc) is 2.70. The summed E-state index contributed by atoms with van der Waals surface area (Å²) in [5, 5.41) is 33.3. The number of hydrogen-bond donors (Lipinski definition) is 3. The lowest BCUT2D eigenvalue weighted by atomic mass is 9.39. The van der Waals surface area contributed by atoms with Gasteiger partial charge in [0.2, 0.25) is 0 Å². The van der Waals surface area contributed by atoms with Crippen LogP contribution in [0.1, 0.15) is 53.4 Å². The van der Waals surface area contributed by atoms with Crippen LogP contribution in [0.15, 0.2) is 12.2 Å². The molecule has 0 aromatic heterocycles. The standard InChI is InChI=1S/C22H32O6/c1-10-12-6-7-14-21(5)9-13(24)19(28-11(2)23)20(3,4)15(21)8-16(25)22(14,17(10)26)18(12)27/h12-16,18-19,24-25,27H,1,6-9H2,2-5H3. The molecule has 4 aliphatic rings. The predicted molar refractivity (Wildman–Crippen MR) is 101 cm³/mol. The quantitative estimate of drug-likeness (QED) is 0.463. The lowest BCUT2D eigenvalue weighted by Crippen LogP contribution is -2.70. The molecular weight excluding hydrogens is 360 g/mol. The van der Waals surface area contributed by atoms with E-state index in [2.05, 4.69) is 13.5 Å². The van der Waals surface area contributed by atoms with E-state index in [4.69, 9.17) is 4.74 Å². The van der Waals surface area contributed by atoms with E-state index in [1.165, 1.54) is 6.92 Å². The largest absolute Gasteiger partial charge is 0.459 e. The lowest BCUT2D eigenvalue weighted by molar-refractivity contribution is -0.261. The zero-order valence-corrected chi connectivity index (χ0v) is 17.1. The number of aliphatic hydroxyl groups excluding tert-OH is 3. The first kappa shape index (κ1) is 20.0. The Morgan fingerprint density at radius 3 is 2.39 bits per heavy atom. The van der Waals surface area contributed by atoms with Crippen molar-refractivity contribution >= 4 is 11.8 Å². The fraction of sp³-hybridized carbons (Fsp3) is 0.818. The van der Waals surface area contributed by atoms with Gasteiger partial charge in [0.25, 0.3) is 0 Å². The molecule has 0 aromatic carbocycles. The van der Waals surface area contributed by atoms with Crippen LogP contribution < -0.4 is 0 Å². The van der Waals surface area contributed by atoms with E-state index in [1.54, 1.807) is 0 Å². The Labute approximate surface area is 166 Å². The number of fused-ring (bicyclic) bond motifs is 3. The van der Waals surface area contributed by atoms with Gasteiger partial charge < -0.3 is 20.1 Å². The SMILES string of the molecule is C=C1C(=O)C23C(O)CC4C(C)(C)C(OC(C)=O)C(O)CC4(C)C2CCC1C3O. The van der Waals surface area contributed by atoms with Crippen LogP contribution in [-0.4, -0.2) is 51.5 Å². The average molecular weight is 392 g/mol. The third-order valence-corrected chi connectivity index (χ3v) is 8.87. The molecule has 4 fully saturated rings. The molecule has 4 aliphatic carbocycles. The maximum atomic E-state index is 13.3. The molecule has 4 rings (SSSR count). The first-order valence-corrected chi connectivity index (χ1v) is 10.3. The third kappa shape index (κ3) is 2.14. The predicted octanol–water partition coefficient (Wildman–Crippen LogP) is 1.61. The Bertz CT molecular complexity index is 743. The highest BCUT2D eigenvalue weighted by Crippen LogP contribution is 2.71. The number of Topliss-reactive ketones (excluding diaryl/α,β-unsaturated/α-hetero) is 1. The van der Waals surface area contributed by atoms with E-state index in [0.29, 0.717) is 31.3 Å². The number of ether oxygens (including phenoxy) is 1. The summed E-state index contributed by atoms with van der Waals surface area (Å²) < 4.78 is 5.50. The van der Waals surface area contributed by atoms with Crippen LogP contribution in [0.5, 0.6) is 0 Å². The van der Waals surface area contributed by atoms with Crippen molar-refractivity contribution in [3.8, 4) is 0 Å². The summed E-state index contributed by atoms with van der Waals surface area (Å²) in [5.74, 6) is -1.24. The summed E-state index contributed by atoms with van der Waals surface area (Å²) >= 11 is 0. The third-order valence-electron chi connectivity index (χ3n) is 8.87. The Kier molecular flexibility index (Phi) is 4.22. The molecule has 3 N–H and O–H groups in total. The van der Waals surface area contributed by atoms with Crippen molar-refractivity contribution in [2.75, 3.05) is 0 Å². The van der Waals surface area contributed by atoms with Crippen LogP contribution in [0.4, 0.5) is 0 Å². The van der Waals surface area contributed by atoms with Gasteiger partial charge in [-0.3, -0.25) is 9.59 Å². The molecule has 6 heteroatoms. The number of rotatable bonds is 1. The summed E-state index contributed by atoms with van der Waals surface area (Å²) in [5.41, 5.74) is -1.84. The highest BCUT2D eigenvalue weighted by molar-refractivity contribution is 6.04. The van der Waals surface area contributed by atoms with Gasteiger partial charge in [0, 0.05) is 18.3 Å². The summed E-state index contributed by atoms with van der Waals surface area (Å²) in [6.45, 7) is 11.3. The molecule has 4 saturated carbocycles. The van der Waals surface area contributed by atoms with E-state index in [0.717, 1.165) is 0 Å². The second kappa shape index (κ2) is 5.89. The van der Waals surface area contributed by atoms with Crippen molar-refractivity contribution in [3.63, 3.8) is 0 Å². The molecule has 0 aliphatic heterocycles. The van der Waals surface area contributed by atoms with Gasteiger partial charge >= 0.3 is 5.97 Å². The molecule has 28 heavy (non-hydrogen) atoms. The number of ketones is 1. The smallest absolute Gasteiger partial charge is 0.303 e. The Balaban J connectivity index is 1.82. The molecule has 0 saturated heterocycles. The molecule has 1 spiro atoms. The minimum Gasteiger partial charge on any atom is -0.459 e. The van der Waals surface area contributed by atoms with Crippen molar-refractivity contribution in [1.29, 1.82) is 0 Å². The maximum Gasteiger partial charge on any atom is 0.303 e. The second-order valence-corrected chi connectivity index (χ2v) is 10.4. The van der Waals surface area contributed by atoms with E-state index >= 15 is 0 Å². The lowest BCUT2D eigenvalue weighted by Gasteiger charge is -2.66. The first-order chi connectivity index (χ1) is 12.9. The summed E-state index contributed by atoms with van der Waals surface area (Å²) in [6.07, 6.45) is -1.36. The molecule has 156 valence electrons. The number of hydrogen-bond acceptors (Lipinski definition) is 6. The van der Waals surface area contributed by atoms with Crippen molar-refractivity contribution in [1.82, 2.24) is 0 Å². The molecule has 2 bridgehead atoms. The Morgan fingerprint density at radius 2 is 1.79 bits per heavy atom. The molecule has 0 aromatic rings. The molecule has 9 unspecified atom stereocenters. The fourth-order valence-electron chi connectivity index (χ4n) is 7.87. The van der Waals surface area contributed by atoms with Gasteiger partial charge in [-0.25, -0.2) is 0 Å². The Morgan fingerprint density at radius 1 is 1.14 bits per heavy atom. The van der Waals surface area contributed by atoms with Crippen LogP contribution in [0.3, 0.4) is 0 Å². The topological polar surface area (TPSA) is 104 Å². The van der Waals surface area contributed by atoms with Gasteiger partial charge in [-0.15, -0.1) is 0 Å². The van der Waals surface area contributed by atoms with E-state index < -0.39 is 46.6 Å². The van der Waals surface area contributed by atoms with Gasteiger partial charge in [0.05, 0.1) is 23.7 Å². The highest BCUT2D eigenvalue weighted by atomic mass is 16.6. The van der Waals surface area contributed by atoms with Gasteiger partial charge in [-0.05, 0) is 48.5 Å². The zero-order valence-electron chi connectivity index (χ0n) is 17.1. The van der Waals surface area contributed by atoms with Crippen LogP contribution in [-0.2, 0) is 14.3 Å². The van der Waals surface area contributed by atoms with E-state index in [1.807, 2.05) is 13.8 Å². The maximum absolute atomic E-state index is 13.3. The van der Waals surface area contributed by atoms with E-state index in [-0.39, 0.29) is 23.5 Å². The highest BCUT2D eigenvalue weighted by Gasteiger charge is 2.75. The first-order valence-electron chi connectivity index (χ1n) is 10.3. The normalized spacial score (nSPS) is 52.0. The number of esters is 1. The van der Waals surface area contributed by atoms with E-state index in [9.17, 15) is 24.9 Å². The summed E-state index contributed by atoms with van der Waals surface area (Å²) in [4.78, 5) is 24.9. The number of aliphatic hydroxyl groups is 3. The van der Waals surface area contributed by atoms with Crippen LogP contribution in [0, 0.1) is 34.0 Å². The minimum atomic E-state index is -1.23. The molecule has 6 nitrogen and oxygen atoms in total. The molecular formula is C22H32O6. The van der Waals surface area contributed by atoms with Crippen molar-refractivity contribution in [3.05, 3.63) is 12.2 Å².